The molecule has 0 saturated carbocycles. The lowest BCUT2D eigenvalue weighted by Gasteiger charge is -2.17. The van der Waals surface area contributed by atoms with E-state index >= 15 is 0 Å². The summed E-state index contributed by atoms with van der Waals surface area (Å²) in [5.41, 5.74) is 1.99. The van der Waals surface area contributed by atoms with Gasteiger partial charge in [-0.15, -0.1) is 0 Å². The third-order valence-electron chi connectivity index (χ3n) is 3.95. The van der Waals surface area contributed by atoms with Crippen molar-refractivity contribution in [3.8, 4) is 11.5 Å². The number of ether oxygens (including phenoxy) is 2. The number of rotatable bonds is 6. The van der Waals surface area contributed by atoms with Crippen LogP contribution in [0.2, 0.25) is 0 Å². The lowest BCUT2D eigenvalue weighted by atomic mass is 10.3. The average Bonchev–Trinajstić information content (AvgIpc) is 2.99. The number of hydrogen-bond acceptors (Lipinski definition) is 5. The Morgan fingerprint density at radius 1 is 1.16 bits per heavy atom. The second-order valence-corrected chi connectivity index (χ2v) is 5.93. The number of benzene rings is 1. The molecule has 0 fully saturated rings. The van der Waals surface area contributed by atoms with Gasteiger partial charge in [-0.3, -0.25) is 4.79 Å². The third-order valence-corrected chi connectivity index (χ3v) is 3.95. The smallest absolute Gasteiger partial charge is 0.274 e. The van der Waals surface area contributed by atoms with Crippen LogP contribution in [-0.2, 0) is 6.54 Å². The zero-order chi connectivity index (χ0) is 18.0. The van der Waals surface area contributed by atoms with Gasteiger partial charge in [0.1, 0.15) is 29.9 Å². The number of hydrogen-bond donors (Lipinski definition) is 1. The Morgan fingerprint density at radius 2 is 1.84 bits per heavy atom. The van der Waals surface area contributed by atoms with E-state index in [4.69, 9.17) is 9.47 Å². The molecule has 0 bridgehead atoms. The van der Waals surface area contributed by atoms with Gasteiger partial charge < -0.3 is 19.1 Å². The van der Waals surface area contributed by atoms with Crippen molar-refractivity contribution in [1.82, 2.24) is 14.2 Å². The van der Waals surface area contributed by atoms with E-state index in [2.05, 4.69) is 5.10 Å². The van der Waals surface area contributed by atoms with Crippen molar-refractivity contribution in [3.63, 3.8) is 0 Å². The Morgan fingerprint density at radius 3 is 2.52 bits per heavy atom. The van der Waals surface area contributed by atoms with Crippen LogP contribution in [0.3, 0.4) is 0 Å². The van der Waals surface area contributed by atoms with Crippen LogP contribution >= 0.6 is 0 Å². The summed E-state index contributed by atoms with van der Waals surface area (Å²) >= 11 is 0. The lowest BCUT2D eigenvalue weighted by Crippen LogP contribution is -2.27. The Labute approximate surface area is 145 Å². The summed E-state index contributed by atoms with van der Waals surface area (Å²) in [6, 6.07) is 10.5. The molecule has 0 spiro atoms. The molecule has 1 N–H and O–H groups in total. The highest BCUT2D eigenvalue weighted by Crippen LogP contribution is 2.17. The Kier molecular flexibility index (Phi) is 4.76. The van der Waals surface area contributed by atoms with E-state index in [0.29, 0.717) is 17.9 Å². The Bertz CT molecular complexity index is 928. The summed E-state index contributed by atoms with van der Waals surface area (Å²) in [4.78, 5) is 12.0. The molecule has 0 amide bonds. The molecule has 3 rings (SSSR count). The molecule has 1 atom stereocenters. The van der Waals surface area contributed by atoms with Crippen LogP contribution in [0, 0.1) is 13.8 Å². The van der Waals surface area contributed by atoms with E-state index < -0.39 is 6.10 Å². The number of fused-ring (bicyclic) bond motifs is 1. The normalized spacial score (nSPS) is 12.3. The molecule has 0 radical (unpaired) electrons. The van der Waals surface area contributed by atoms with Gasteiger partial charge in [0.25, 0.3) is 5.56 Å². The maximum absolute atomic E-state index is 12.0. The van der Waals surface area contributed by atoms with Crippen LogP contribution in [0.15, 0.2) is 41.2 Å². The number of aromatic nitrogens is 3. The highest BCUT2D eigenvalue weighted by Gasteiger charge is 2.13. The van der Waals surface area contributed by atoms with Gasteiger partial charge in [-0.2, -0.15) is 9.61 Å². The average molecular weight is 343 g/mol. The second-order valence-electron chi connectivity index (χ2n) is 5.93. The van der Waals surface area contributed by atoms with Gasteiger partial charge in [0.2, 0.25) is 0 Å². The molecule has 7 heteroatoms. The summed E-state index contributed by atoms with van der Waals surface area (Å²) in [7, 11) is 1.60. The fraction of sp³-hybridized carbons (Fsp3) is 0.333. The SMILES string of the molecule is COc1ccc(OC[C@H](O)Cn2c(C)cc(=O)n3nc(C)cc23)cc1. The van der Waals surface area contributed by atoms with Crippen molar-refractivity contribution in [2.24, 2.45) is 0 Å². The van der Waals surface area contributed by atoms with Gasteiger partial charge in [0.05, 0.1) is 19.3 Å². The van der Waals surface area contributed by atoms with Crippen LogP contribution in [-0.4, -0.2) is 39.1 Å². The molecule has 2 aromatic heterocycles. The highest BCUT2D eigenvalue weighted by molar-refractivity contribution is 5.41. The van der Waals surface area contributed by atoms with E-state index in [1.807, 2.05) is 24.5 Å². The van der Waals surface area contributed by atoms with Gasteiger partial charge in [-0.25, -0.2) is 0 Å². The molecule has 0 aliphatic heterocycles. The van der Waals surface area contributed by atoms with Gasteiger partial charge in [-0.05, 0) is 38.1 Å². The molecule has 3 aromatic rings. The monoisotopic (exact) mass is 343 g/mol. The molecular weight excluding hydrogens is 322 g/mol. The Balaban J connectivity index is 1.73. The number of aliphatic hydroxyl groups excluding tert-OH is 1. The maximum Gasteiger partial charge on any atom is 0.274 e. The van der Waals surface area contributed by atoms with E-state index in [1.54, 1.807) is 31.4 Å². The molecule has 2 heterocycles. The van der Waals surface area contributed by atoms with Crippen LogP contribution in [0.5, 0.6) is 11.5 Å². The summed E-state index contributed by atoms with van der Waals surface area (Å²) in [6.45, 7) is 4.10. The molecule has 0 aliphatic carbocycles. The summed E-state index contributed by atoms with van der Waals surface area (Å²) in [5, 5.41) is 14.5. The number of aryl methyl sites for hydroxylation is 2. The fourth-order valence-corrected chi connectivity index (χ4v) is 2.70. The van der Waals surface area contributed by atoms with Crippen LogP contribution in [0.25, 0.3) is 5.65 Å². The minimum Gasteiger partial charge on any atom is -0.497 e. The maximum atomic E-state index is 12.0. The van der Waals surface area contributed by atoms with Crippen LogP contribution in [0.1, 0.15) is 11.4 Å². The molecule has 132 valence electrons. The molecule has 1 aromatic carbocycles. The van der Waals surface area contributed by atoms with Crippen molar-refractivity contribution in [2.45, 2.75) is 26.5 Å². The topological polar surface area (TPSA) is 78.0 Å². The predicted molar refractivity (Wildman–Crippen MR) is 93.4 cm³/mol. The number of aliphatic hydroxyl groups is 1. The molecule has 0 unspecified atom stereocenters. The first-order chi connectivity index (χ1) is 12.0. The quantitative estimate of drug-likeness (QED) is 0.735. The minimum absolute atomic E-state index is 0.136. The standard InChI is InChI=1S/C18H21N3O4/c1-12-8-17-20(13(2)9-18(23)21(17)19-12)10-14(22)11-25-16-6-4-15(24-3)5-7-16/h4-9,14,22H,10-11H2,1-3H3/t14-/m1/s1. The van der Waals surface area contributed by atoms with E-state index in [-0.39, 0.29) is 12.2 Å². The molecule has 0 aliphatic rings. The first kappa shape index (κ1) is 17.0. The van der Waals surface area contributed by atoms with E-state index in [1.165, 1.54) is 10.6 Å². The first-order valence-electron chi connectivity index (χ1n) is 7.99. The largest absolute Gasteiger partial charge is 0.497 e. The lowest BCUT2D eigenvalue weighted by molar-refractivity contribution is 0.0926. The highest BCUT2D eigenvalue weighted by atomic mass is 16.5. The van der Waals surface area contributed by atoms with Crippen LogP contribution in [0.4, 0.5) is 0 Å². The van der Waals surface area contributed by atoms with Crippen molar-refractivity contribution in [3.05, 3.63) is 58.1 Å². The molecule has 25 heavy (non-hydrogen) atoms. The van der Waals surface area contributed by atoms with Gasteiger partial charge in [0.15, 0.2) is 0 Å². The van der Waals surface area contributed by atoms with Crippen molar-refractivity contribution in [2.75, 3.05) is 13.7 Å². The number of nitrogens with zero attached hydrogens (tertiary/aromatic N) is 3. The number of methoxy groups -OCH3 is 1. The summed E-state index contributed by atoms with van der Waals surface area (Å²) < 4.78 is 13.9. The van der Waals surface area contributed by atoms with Crippen molar-refractivity contribution in [1.29, 1.82) is 0 Å². The molecule has 0 saturated heterocycles. The van der Waals surface area contributed by atoms with Gasteiger partial charge >= 0.3 is 0 Å². The second kappa shape index (κ2) is 6.98. The minimum atomic E-state index is -0.734. The first-order valence-corrected chi connectivity index (χ1v) is 7.99. The Hall–Kier alpha value is -2.80. The zero-order valence-corrected chi connectivity index (χ0v) is 14.5. The van der Waals surface area contributed by atoms with Crippen LogP contribution < -0.4 is 15.0 Å². The molecule has 7 nitrogen and oxygen atoms in total. The zero-order valence-electron chi connectivity index (χ0n) is 14.5. The van der Waals surface area contributed by atoms with Crippen molar-refractivity contribution >= 4 is 5.65 Å². The third kappa shape index (κ3) is 3.66. The molecular formula is C18H21N3O4. The summed E-state index contributed by atoms with van der Waals surface area (Å²) in [6.07, 6.45) is -0.734. The van der Waals surface area contributed by atoms with Crippen molar-refractivity contribution < 1.29 is 14.6 Å². The van der Waals surface area contributed by atoms with Gasteiger partial charge in [0, 0.05) is 17.8 Å². The fourth-order valence-electron chi connectivity index (χ4n) is 2.70. The van der Waals surface area contributed by atoms with E-state index in [9.17, 15) is 9.90 Å². The predicted octanol–water partition coefficient (Wildman–Crippen LogP) is 1.56. The van der Waals surface area contributed by atoms with E-state index in [0.717, 1.165) is 17.1 Å². The van der Waals surface area contributed by atoms with Gasteiger partial charge in [-0.1, -0.05) is 0 Å². The summed E-state index contributed by atoms with van der Waals surface area (Å²) in [5.74, 6) is 1.40.